The van der Waals surface area contributed by atoms with Crippen molar-refractivity contribution in [3.05, 3.63) is 53.9 Å². The maximum absolute atomic E-state index is 12.5. The molecule has 142 valence electrons. The third-order valence-corrected chi connectivity index (χ3v) is 5.05. The first kappa shape index (κ1) is 19.2. The zero-order valence-corrected chi connectivity index (χ0v) is 16.4. The largest absolute Gasteiger partial charge is 0.444 e. The van der Waals surface area contributed by atoms with Gasteiger partial charge in [-0.3, -0.25) is 9.78 Å². The Morgan fingerprint density at radius 1 is 1.19 bits per heavy atom. The molecule has 2 N–H and O–H groups in total. The molecule has 7 heteroatoms. The molecule has 0 aliphatic carbocycles. The van der Waals surface area contributed by atoms with E-state index >= 15 is 0 Å². The molecular weight excluding hydrogens is 362 g/mol. The molecule has 2 aromatic rings. The molecule has 0 saturated heterocycles. The number of rotatable bonds is 3. The second-order valence-corrected chi connectivity index (χ2v) is 8.42. The summed E-state index contributed by atoms with van der Waals surface area (Å²) in [4.78, 5) is 29.5. The van der Waals surface area contributed by atoms with E-state index in [1.807, 2.05) is 32.9 Å². The number of nitrogens with zero attached hydrogens (tertiary/aromatic N) is 1. The van der Waals surface area contributed by atoms with Gasteiger partial charge in [-0.1, -0.05) is 6.07 Å². The van der Waals surface area contributed by atoms with Gasteiger partial charge in [-0.25, -0.2) is 4.79 Å². The van der Waals surface area contributed by atoms with Crippen LogP contribution in [-0.2, 0) is 4.74 Å². The second kappa shape index (κ2) is 8.00. The average Bonchev–Trinajstić information content (AvgIpc) is 2.60. The molecule has 1 aromatic carbocycles. The Morgan fingerprint density at radius 3 is 2.63 bits per heavy atom. The Kier molecular flexibility index (Phi) is 5.70. The SMILES string of the molecule is CC(C)(C)OC(=O)NC1CCSc2cc(C(=O)Nc3ccncc3)ccc21. The van der Waals surface area contributed by atoms with E-state index in [2.05, 4.69) is 15.6 Å². The minimum absolute atomic E-state index is 0.117. The first-order valence-electron chi connectivity index (χ1n) is 8.79. The van der Waals surface area contributed by atoms with Crippen molar-refractivity contribution in [2.45, 2.75) is 43.7 Å². The number of ether oxygens (including phenoxy) is 1. The number of thioether (sulfide) groups is 1. The summed E-state index contributed by atoms with van der Waals surface area (Å²) >= 11 is 1.69. The molecule has 2 heterocycles. The van der Waals surface area contributed by atoms with Gasteiger partial charge >= 0.3 is 6.09 Å². The van der Waals surface area contributed by atoms with E-state index in [0.29, 0.717) is 11.3 Å². The van der Waals surface area contributed by atoms with E-state index in [-0.39, 0.29) is 11.9 Å². The summed E-state index contributed by atoms with van der Waals surface area (Å²) in [7, 11) is 0. The first-order chi connectivity index (χ1) is 12.8. The van der Waals surface area contributed by atoms with Crippen molar-refractivity contribution in [1.82, 2.24) is 10.3 Å². The van der Waals surface area contributed by atoms with Crippen molar-refractivity contribution in [3.8, 4) is 0 Å². The Balaban J connectivity index is 1.72. The summed E-state index contributed by atoms with van der Waals surface area (Å²) in [5.74, 6) is 0.690. The van der Waals surface area contributed by atoms with Crippen LogP contribution >= 0.6 is 11.8 Å². The smallest absolute Gasteiger partial charge is 0.408 e. The molecule has 0 radical (unpaired) electrons. The van der Waals surface area contributed by atoms with Crippen LogP contribution in [-0.4, -0.2) is 28.3 Å². The van der Waals surface area contributed by atoms with Gasteiger partial charge in [0.25, 0.3) is 5.91 Å². The summed E-state index contributed by atoms with van der Waals surface area (Å²) < 4.78 is 5.36. The standard InChI is InChI=1S/C20H23N3O3S/c1-20(2,3)26-19(25)23-16-8-11-27-17-12-13(4-5-15(16)17)18(24)22-14-6-9-21-10-7-14/h4-7,9-10,12,16H,8,11H2,1-3H3,(H,23,25)(H,21,22,24). The van der Waals surface area contributed by atoms with Crippen LogP contribution in [0.1, 0.15) is 49.2 Å². The quantitative estimate of drug-likeness (QED) is 0.819. The summed E-state index contributed by atoms with van der Waals surface area (Å²) in [5, 5.41) is 5.79. The molecule has 1 aromatic heterocycles. The molecule has 6 nitrogen and oxygen atoms in total. The highest BCUT2D eigenvalue weighted by Crippen LogP contribution is 2.37. The van der Waals surface area contributed by atoms with Crippen LogP contribution in [0.25, 0.3) is 0 Å². The van der Waals surface area contributed by atoms with Crippen LogP contribution in [0.5, 0.6) is 0 Å². The third-order valence-electron chi connectivity index (χ3n) is 3.94. The number of aromatic nitrogens is 1. The minimum atomic E-state index is -0.536. The fraction of sp³-hybridized carbons (Fsp3) is 0.350. The van der Waals surface area contributed by atoms with Gasteiger partial charge in [0.2, 0.25) is 0 Å². The topological polar surface area (TPSA) is 80.3 Å². The maximum Gasteiger partial charge on any atom is 0.408 e. The number of benzene rings is 1. The lowest BCUT2D eigenvalue weighted by atomic mass is 10.0. The molecule has 0 fully saturated rings. The molecule has 2 amide bonds. The highest BCUT2D eigenvalue weighted by Gasteiger charge is 2.25. The lowest BCUT2D eigenvalue weighted by Crippen LogP contribution is -2.36. The Hall–Kier alpha value is -2.54. The highest BCUT2D eigenvalue weighted by atomic mass is 32.2. The van der Waals surface area contributed by atoms with Crippen LogP contribution in [0.4, 0.5) is 10.5 Å². The van der Waals surface area contributed by atoms with Crippen molar-refractivity contribution in [2.24, 2.45) is 0 Å². The van der Waals surface area contributed by atoms with Gasteiger partial charge in [0.05, 0.1) is 6.04 Å². The van der Waals surface area contributed by atoms with Gasteiger partial charge in [-0.05, 0) is 57.0 Å². The van der Waals surface area contributed by atoms with E-state index in [0.717, 1.165) is 22.6 Å². The van der Waals surface area contributed by atoms with Crippen molar-refractivity contribution >= 4 is 29.4 Å². The number of pyridine rings is 1. The van der Waals surface area contributed by atoms with Crippen LogP contribution < -0.4 is 10.6 Å². The molecule has 0 saturated carbocycles. The monoisotopic (exact) mass is 385 g/mol. The Morgan fingerprint density at radius 2 is 1.93 bits per heavy atom. The Labute approximate surface area is 163 Å². The number of nitrogens with one attached hydrogen (secondary N) is 2. The van der Waals surface area contributed by atoms with Crippen molar-refractivity contribution < 1.29 is 14.3 Å². The zero-order chi connectivity index (χ0) is 19.4. The van der Waals surface area contributed by atoms with Gasteiger partial charge in [0.15, 0.2) is 0 Å². The minimum Gasteiger partial charge on any atom is -0.444 e. The number of carbonyl (C=O) groups is 2. The molecule has 1 aliphatic rings. The predicted octanol–water partition coefficient (Wildman–Crippen LogP) is 4.40. The lowest BCUT2D eigenvalue weighted by Gasteiger charge is -2.28. The zero-order valence-electron chi connectivity index (χ0n) is 15.6. The van der Waals surface area contributed by atoms with E-state index in [4.69, 9.17) is 4.74 Å². The van der Waals surface area contributed by atoms with Crippen LogP contribution in [0, 0.1) is 0 Å². The van der Waals surface area contributed by atoms with Crippen LogP contribution in [0.3, 0.4) is 0 Å². The Bertz CT molecular complexity index is 834. The number of amides is 2. The molecule has 0 spiro atoms. The maximum atomic E-state index is 12.5. The fourth-order valence-corrected chi connectivity index (χ4v) is 3.93. The lowest BCUT2D eigenvalue weighted by molar-refractivity contribution is 0.0501. The number of fused-ring (bicyclic) bond motifs is 1. The van der Waals surface area contributed by atoms with E-state index < -0.39 is 11.7 Å². The summed E-state index contributed by atoms with van der Waals surface area (Å²) in [6, 6.07) is 8.93. The average molecular weight is 385 g/mol. The molecular formula is C20H23N3O3S. The molecule has 0 bridgehead atoms. The van der Waals surface area contributed by atoms with Gasteiger partial charge in [-0.15, -0.1) is 11.8 Å². The van der Waals surface area contributed by atoms with E-state index in [1.165, 1.54) is 0 Å². The molecule has 1 unspecified atom stereocenters. The van der Waals surface area contributed by atoms with Gasteiger partial charge in [0.1, 0.15) is 5.60 Å². The van der Waals surface area contributed by atoms with Crippen molar-refractivity contribution in [1.29, 1.82) is 0 Å². The molecule has 27 heavy (non-hydrogen) atoms. The predicted molar refractivity (Wildman–Crippen MR) is 106 cm³/mol. The van der Waals surface area contributed by atoms with E-state index in [9.17, 15) is 9.59 Å². The van der Waals surface area contributed by atoms with Crippen molar-refractivity contribution in [2.75, 3.05) is 11.1 Å². The molecule has 1 aliphatic heterocycles. The first-order valence-corrected chi connectivity index (χ1v) is 9.78. The van der Waals surface area contributed by atoms with Crippen LogP contribution in [0.2, 0.25) is 0 Å². The summed E-state index contributed by atoms with van der Waals surface area (Å²) in [5.41, 5.74) is 1.75. The number of alkyl carbamates (subject to hydrolysis) is 1. The molecule has 3 rings (SSSR count). The van der Waals surface area contributed by atoms with Gasteiger partial charge in [-0.2, -0.15) is 0 Å². The highest BCUT2D eigenvalue weighted by molar-refractivity contribution is 7.99. The van der Waals surface area contributed by atoms with E-state index in [1.54, 1.807) is 42.4 Å². The van der Waals surface area contributed by atoms with Crippen LogP contribution in [0.15, 0.2) is 47.6 Å². The number of hydrogen-bond acceptors (Lipinski definition) is 5. The second-order valence-electron chi connectivity index (χ2n) is 7.28. The number of carbonyl (C=O) groups excluding carboxylic acids is 2. The third kappa shape index (κ3) is 5.23. The number of hydrogen-bond donors (Lipinski definition) is 2. The van der Waals surface area contributed by atoms with Crippen molar-refractivity contribution in [3.63, 3.8) is 0 Å². The van der Waals surface area contributed by atoms with Gasteiger partial charge in [0, 0.05) is 34.3 Å². The molecule has 1 atom stereocenters. The fourth-order valence-electron chi connectivity index (χ4n) is 2.77. The summed E-state index contributed by atoms with van der Waals surface area (Å²) in [6.45, 7) is 5.51. The van der Waals surface area contributed by atoms with Gasteiger partial charge < -0.3 is 15.4 Å². The summed E-state index contributed by atoms with van der Waals surface area (Å²) in [6.07, 6.45) is 3.65. The number of anilines is 1. The normalized spacial score (nSPS) is 16.2.